The van der Waals surface area contributed by atoms with E-state index in [1.54, 1.807) is 7.11 Å². The second-order valence-electron chi connectivity index (χ2n) is 9.00. The Bertz CT molecular complexity index is 1750. The van der Waals surface area contributed by atoms with Crippen LogP contribution < -0.4 is 29.1 Å². The molecule has 1 aromatic heterocycles. The van der Waals surface area contributed by atoms with Crippen molar-refractivity contribution in [1.29, 1.82) is 0 Å². The summed E-state index contributed by atoms with van der Waals surface area (Å²) in [5.41, 5.74) is 6.46. The number of hydrogen-bond acceptors (Lipinski definition) is 6. The highest BCUT2D eigenvalue weighted by molar-refractivity contribution is 7.07. The van der Waals surface area contributed by atoms with Crippen LogP contribution in [0.15, 0.2) is 82.1 Å². The fraction of sp³-hybridized carbons (Fsp3) is 0.172. The standard InChI is InChI=1S/C29H22N2O4S/c1-33-20-7-4-6-19(15-20)27-22-11-10-18-5-2-3-8-21(18)26(22)30-29-31(27)28(32)25(36-29)14-17-9-12-23-24(13-17)35-16-34-23/h2-9,12-15,27H,10-11,16H2,1H3/b25-14-/t27-/m1/s1. The van der Waals surface area contributed by atoms with Gasteiger partial charge in [-0.15, -0.1) is 0 Å². The summed E-state index contributed by atoms with van der Waals surface area (Å²) in [5, 5.41) is 0. The summed E-state index contributed by atoms with van der Waals surface area (Å²) < 4.78 is 19.0. The van der Waals surface area contributed by atoms with Gasteiger partial charge in [-0.1, -0.05) is 53.8 Å². The van der Waals surface area contributed by atoms with Crippen LogP contribution in [0.25, 0.3) is 11.8 Å². The number of allylic oxidation sites excluding steroid dienone is 1. The van der Waals surface area contributed by atoms with Crippen LogP contribution in [0, 0.1) is 0 Å². The minimum absolute atomic E-state index is 0.0466. The lowest BCUT2D eigenvalue weighted by molar-refractivity contribution is 0.174. The molecule has 6 nitrogen and oxygen atoms in total. The van der Waals surface area contributed by atoms with E-state index < -0.39 is 0 Å². The van der Waals surface area contributed by atoms with E-state index in [1.807, 2.05) is 47.0 Å². The molecule has 3 aliphatic rings. The SMILES string of the molecule is COc1cccc([C@@H]2C3=C(N=c4s/c(=C\c5ccc6c(c5)OCO6)c(=O)n42)c2ccccc2CC3)c1. The summed E-state index contributed by atoms with van der Waals surface area (Å²) in [7, 11) is 1.66. The zero-order valence-corrected chi connectivity index (χ0v) is 20.4. The number of ether oxygens (including phenoxy) is 3. The number of benzene rings is 3. The summed E-state index contributed by atoms with van der Waals surface area (Å²) in [5.74, 6) is 2.18. The third kappa shape index (κ3) is 3.31. The molecule has 1 atom stereocenters. The van der Waals surface area contributed by atoms with E-state index in [0.717, 1.165) is 46.7 Å². The van der Waals surface area contributed by atoms with Gasteiger partial charge < -0.3 is 14.2 Å². The van der Waals surface area contributed by atoms with E-state index in [-0.39, 0.29) is 18.4 Å². The second kappa shape index (κ2) is 8.24. The van der Waals surface area contributed by atoms with Crippen molar-refractivity contribution in [2.75, 3.05) is 13.9 Å². The predicted octanol–water partition coefficient (Wildman–Crippen LogP) is 4.06. The molecule has 3 heterocycles. The molecule has 4 aromatic rings. The van der Waals surface area contributed by atoms with Crippen LogP contribution in [-0.2, 0) is 6.42 Å². The third-order valence-corrected chi connectivity index (χ3v) is 7.96. The molecule has 0 N–H and O–H groups in total. The van der Waals surface area contributed by atoms with Gasteiger partial charge in [-0.05, 0) is 65.4 Å². The summed E-state index contributed by atoms with van der Waals surface area (Å²) in [6.45, 7) is 0.217. The molecule has 3 aromatic carbocycles. The molecule has 1 aliphatic carbocycles. The largest absolute Gasteiger partial charge is 0.497 e. The molecule has 0 fully saturated rings. The smallest absolute Gasteiger partial charge is 0.271 e. The molecule has 2 aliphatic heterocycles. The third-order valence-electron chi connectivity index (χ3n) is 6.98. The first-order valence-electron chi connectivity index (χ1n) is 11.9. The number of hydrogen-bond donors (Lipinski definition) is 0. The highest BCUT2D eigenvalue weighted by Crippen LogP contribution is 2.41. The van der Waals surface area contributed by atoms with Gasteiger partial charge in [0.1, 0.15) is 5.75 Å². The number of thiazole rings is 1. The molecule has 0 bridgehead atoms. The Morgan fingerprint density at radius 2 is 1.92 bits per heavy atom. The molecule has 0 spiro atoms. The molecule has 0 unspecified atom stereocenters. The van der Waals surface area contributed by atoms with E-state index in [0.29, 0.717) is 15.1 Å². The maximum Gasteiger partial charge on any atom is 0.271 e. The Balaban J connectivity index is 1.46. The maximum atomic E-state index is 13.9. The predicted molar refractivity (Wildman–Crippen MR) is 138 cm³/mol. The number of methoxy groups -OCH3 is 1. The summed E-state index contributed by atoms with van der Waals surface area (Å²) in [4.78, 5) is 19.7. The minimum Gasteiger partial charge on any atom is -0.497 e. The van der Waals surface area contributed by atoms with Gasteiger partial charge >= 0.3 is 0 Å². The molecule has 0 saturated carbocycles. The van der Waals surface area contributed by atoms with Gasteiger partial charge in [-0.3, -0.25) is 9.36 Å². The fourth-order valence-corrected chi connectivity index (χ4v) is 6.29. The Morgan fingerprint density at radius 3 is 2.83 bits per heavy atom. The van der Waals surface area contributed by atoms with Crippen LogP contribution >= 0.6 is 11.3 Å². The fourth-order valence-electron chi connectivity index (χ4n) is 5.29. The monoisotopic (exact) mass is 494 g/mol. The molecule has 0 radical (unpaired) electrons. The first-order chi connectivity index (χ1) is 17.7. The maximum absolute atomic E-state index is 13.9. The first-order valence-corrected chi connectivity index (χ1v) is 12.7. The van der Waals surface area contributed by atoms with Crippen molar-refractivity contribution in [2.24, 2.45) is 4.99 Å². The average Bonchev–Trinajstić information content (AvgIpc) is 3.51. The molecule has 7 rings (SSSR count). The first kappa shape index (κ1) is 21.2. The lowest BCUT2D eigenvalue weighted by Crippen LogP contribution is -2.38. The summed E-state index contributed by atoms with van der Waals surface area (Å²) in [6, 6.07) is 21.9. The Kier molecular flexibility index (Phi) is 4.85. The van der Waals surface area contributed by atoms with Gasteiger partial charge in [0, 0.05) is 5.56 Å². The quantitative estimate of drug-likeness (QED) is 0.431. The van der Waals surface area contributed by atoms with Crippen LogP contribution in [0.5, 0.6) is 17.2 Å². The summed E-state index contributed by atoms with van der Waals surface area (Å²) >= 11 is 1.42. The van der Waals surface area contributed by atoms with Crippen LogP contribution in [0.2, 0.25) is 0 Å². The Labute approximate surface area is 211 Å². The van der Waals surface area contributed by atoms with Crippen LogP contribution in [-0.4, -0.2) is 18.5 Å². The zero-order valence-electron chi connectivity index (χ0n) is 19.6. The number of fused-ring (bicyclic) bond motifs is 4. The van der Waals surface area contributed by atoms with Gasteiger partial charge in [0.2, 0.25) is 6.79 Å². The zero-order chi connectivity index (χ0) is 24.2. The van der Waals surface area contributed by atoms with E-state index in [4.69, 9.17) is 19.2 Å². The van der Waals surface area contributed by atoms with Gasteiger partial charge in [0.05, 0.1) is 23.4 Å². The number of rotatable bonds is 3. The normalized spacial score (nSPS) is 17.8. The molecule has 7 heteroatoms. The van der Waals surface area contributed by atoms with Crippen LogP contribution in [0.4, 0.5) is 0 Å². The van der Waals surface area contributed by atoms with Gasteiger partial charge in [0.15, 0.2) is 16.3 Å². The Hall–Kier alpha value is -4.10. The van der Waals surface area contributed by atoms with Gasteiger partial charge in [-0.25, -0.2) is 4.99 Å². The van der Waals surface area contributed by atoms with Gasteiger partial charge in [-0.2, -0.15) is 0 Å². The van der Waals surface area contributed by atoms with Crippen molar-refractivity contribution < 1.29 is 14.2 Å². The van der Waals surface area contributed by atoms with E-state index >= 15 is 0 Å². The van der Waals surface area contributed by atoms with Crippen molar-refractivity contribution in [3.8, 4) is 17.2 Å². The highest BCUT2D eigenvalue weighted by atomic mass is 32.1. The van der Waals surface area contributed by atoms with E-state index in [2.05, 4.69) is 30.3 Å². The highest BCUT2D eigenvalue weighted by Gasteiger charge is 2.32. The number of aryl methyl sites for hydroxylation is 1. The van der Waals surface area contributed by atoms with Crippen molar-refractivity contribution in [3.05, 3.63) is 114 Å². The molecule has 0 amide bonds. The molecule has 178 valence electrons. The molecule has 36 heavy (non-hydrogen) atoms. The number of nitrogens with zero attached hydrogens (tertiary/aromatic N) is 2. The van der Waals surface area contributed by atoms with E-state index in [1.165, 1.54) is 22.5 Å². The van der Waals surface area contributed by atoms with Crippen LogP contribution in [0.1, 0.15) is 34.7 Å². The van der Waals surface area contributed by atoms with Crippen molar-refractivity contribution >= 4 is 23.1 Å². The molecule has 0 saturated heterocycles. The Morgan fingerprint density at radius 1 is 1.03 bits per heavy atom. The minimum atomic E-state index is -0.237. The van der Waals surface area contributed by atoms with E-state index in [9.17, 15) is 4.79 Å². The summed E-state index contributed by atoms with van der Waals surface area (Å²) in [6.07, 6.45) is 3.68. The molecular formula is C29H22N2O4S. The van der Waals surface area contributed by atoms with Gasteiger partial charge in [0.25, 0.3) is 5.56 Å². The number of aromatic nitrogens is 1. The lowest BCUT2D eigenvalue weighted by Gasteiger charge is -2.31. The van der Waals surface area contributed by atoms with Crippen molar-refractivity contribution in [1.82, 2.24) is 4.57 Å². The molecular weight excluding hydrogens is 472 g/mol. The second-order valence-corrected chi connectivity index (χ2v) is 10.0. The van der Waals surface area contributed by atoms with Crippen molar-refractivity contribution in [2.45, 2.75) is 18.9 Å². The average molecular weight is 495 g/mol. The van der Waals surface area contributed by atoms with Crippen molar-refractivity contribution in [3.63, 3.8) is 0 Å². The topological polar surface area (TPSA) is 62.0 Å². The van der Waals surface area contributed by atoms with Crippen LogP contribution in [0.3, 0.4) is 0 Å². The lowest BCUT2D eigenvalue weighted by atomic mass is 9.83.